The van der Waals surface area contributed by atoms with E-state index in [9.17, 15) is 27.1 Å². The van der Waals surface area contributed by atoms with E-state index in [4.69, 9.17) is 4.74 Å². The lowest BCUT2D eigenvalue weighted by molar-refractivity contribution is -0.161. The van der Waals surface area contributed by atoms with Crippen LogP contribution in [0.3, 0.4) is 0 Å². The van der Waals surface area contributed by atoms with Crippen LogP contribution in [0.4, 0.5) is 14.5 Å². The van der Waals surface area contributed by atoms with Crippen LogP contribution in [0.25, 0.3) is 0 Å². The van der Waals surface area contributed by atoms with Gasteiger partial charge in [0.25, 0.3) is 0 Å². The fourth-order valence-corrected chi connectivity index (χ4v) is 5.49. The standard InChI is InChI=1S/C30H31F2NO5S/c1-20(23-4-3-5-26(18-23)33-39(2,36)37)28-27(34)19-30(38-29(28)35,16-14-21-6-10-24(31)11-7-21)17-15-22-8-12-25(32)13-9-22/h3-13,18,20,33-34H,14-17,19H2,1-2H3. The van der Waals surface area contributed by atoms with Crippen molar-refractivity contribution in [1.29, 1.82) is 0 Å². The Kier molecular flexibility index (Phi) is 8.39. The van der Waals surface area contributed by atoms with Crippen LogP contribution in [-0.2, 0) is 32.4 Å². The molecule has 1 atom stereocenters. The Morgan fingerprint density at radius 1 is 0.949 bits per heavy atom. The van der Waals surface area contributed by atoms with E-state index in [1.807, 2.05) is 0 Å². The van der Waals surface area contributed by atoms with Gasteiger partial charge >= 0.3 is 5.97 Å². The number of carbonyl (C=O) groups is 1. The minimum atomic E-state index is -3.49. The summed E-state index contributed by atoms with van der Waals surface area (Å²) in [5, 5.41) is 11.2. The van der Waals surface area contributed by atoms with Crippen LogP contribution in [0.1, 0.15) is 48.8 Å². The molecule has 6 nitrogen and oxygen atoms in total. The molecule has 0 bridgehead atoms. The second kappa shape index (κ2) is 11.6. The van der Waals surface area contributed by atoms with Crippen molar-refractivity contribution in [3.8, 4) is 0 Å². The molecule has 0 radical (unpaired) electrons. The van der Waals surface area contributed by atoms with Gasteiger partial charge in [0.05, 0.1) is 11.8 Å². The first-order chi connectivity index (χ1) is 18.4. The fraction of sp³-hybridized carbons (Fsp3) is 0.300. The van der Waals surface area contributed by atoms with E-state index in [0.717, 1.165) is 17.4 Å². The summed E-state index contributed by atoms with van der Waals surface area (Å²) < 4.78 is 58.6. The minimum absolute atomic E-state index is 0.0848. The van der Waals surface area contributed by atoms with Crippen LogP contribution in [0, 0.1) is 11.6 Å². The first-order valence-electron chi connectivity index (χ1n) is 12.6. The van der Waals surface area contributed by atoms with E-state index < -0.39 is 27.5 Å². The number of aliphatic hydroxyl groups is 1. The minimum Gasteiger partial charge on any atom is -0.512 e. The lowest BCUT2D eigenvalue weighted by atomic mass is 9.80. The molecule has 0 spiro atoms. The summed E-state index contributed by atoms with van der Waals surface area (Å²) in [4.78, 5) is 13.4. The number of benzene rings is 3. The van der Waals surface area contributed by atoms with Crippen LogP contribution in [0.2, 0.25) is 0 Å². The van der Waals surface area contributed by atoms with Crippen molar-refractivity contribution in [2.75, 3.05) is 11.0 Å². The molecule has 9 heteroatoms. The van der Waals surface area contributed by atoms with Gasteiger partial charge in [-0.2, -0.15) is 0 Å². The molecular weight excluding hydrogens is 524 g/mol. The average molecular weight is 556 g/mol. The first-order valence-corrected chi connectivity index (χ1v) is 14.5. The van der Waals surface area contributed by atoms with Crippen molar-refractivity contribution in [3.05, 3.63) is 112 Å². The lowest BCUT2D eigenvalue weighted by Gasteiger charge is -2.38. The third kappa shape index (κ3) is 7.44. The summed E-state index contributed by atoms with van der Waals surface area (Å²) in [5.41, 5.74) is 1.81. The van der Waals surface area contributed by atoms with Crippen molar-refractivity contribution in [2.45, 2.75) is 50.5 Å². The van der Waals surface area contributed by atoms with Crippen molar-refractivity contribution < 1.29 is 31.8 Å². The Bertz CT molecular complexity index is 1420. The van der Waals surface area contributed by atoms with E-state index in [2.05, 4.69) is 4.72 Å². The molecule has 2 N–H and O–H groups in total. The number of nitrogens with one attached hydrogen (secondary N) is 1. The molecule has 1 unspecified atom stereocenters. The number of rotatable bonds is 10. The highest BCUT2D eigenvalue weighted by Gasteiger charge is 2.43. The molecule has 4 rings (SSSR count). The third-order valence-corrected chi connectivity index (χ3v) is 7.62. The number of ether oxygens (including phenoxy) is 1. The van der Waals surface area contributed by atoms with E-state index in [1.54, 1.807) is 55.5 Å². The molecule has 206 valence electrons. The van der Waals surface area contributed by atoms with Gasteiger partial charge in [0.15, 0.2) is 0 Å². The maximum atomic E-state index is 13.4. The molecule has 0 aromatic heterocycles. The number of cyclic esters (lactones) is 1. The van der Waals surface area contributed by atoms with Crippen molar-refractivity contribution in [1.82, 2.24) is 0 Å². The first kappa shape index (κ1) is 28.3. The molecule has 1 aliphatic heterocycles. The summed E-state index contributed by atoms with van der Waals surface area (Å²) in [6.07, 6.45) is 2.91. The molecular formula is C30H31F2NO5S. The zero-order valence-corrected chi connectivity index (χ0v) is 22.6. The van der Waals surface area contributed by atoms with E-state index in [-0.39, 0.29) is 29.4 Å². The normalized spacial score (nSPS) is 16.1. The van der Waals surface area contributed by atoms with Gasteiger partial charge in [-0.15, -0.1) is 0 Å². The highest BCUT2D eigenvalue weighted by Crippen LogP contribution is 2.41. The summed E-state index contributed by atoms with van der Waals surface area (Å²) in [6, 6.07) is 18.8. The SMILES string of the molecule is CC(C1=C(O)CC(CCc2ccc(F)cc2)(CCc2ccc(F)cc2)OC1=O)c1cccc(NS(C)(=O)=O)c1. The molecule has 1 aliphatic rings. The predicted octanol–water partition coefficient (Wildman–Crippen LogP) is 6.20. The van der Waals surface area contributed by atoms with Gasteiger partial charge in [0, 0.05) is 18.0 Å². The molecule has 1 heterocycles. The van der Waals surface area contributed by atoms with Crippen molar-refractivity contribution in [2.24, 2.45) is 0 Å². The Morgan fingerprint density at radius 3 is 1.97 bits per heavy atom. The summed E-state index contributed by atoms with van der Waals surface area (Å²) >= 11 is 0. The smallest absolute Gasteiger partial charge is 0.338 e. The number of sulfonamides is 1. The number of anilines is 1. The average Bonchev–Trinajstić information content (AvgIpc) is 2.87. The Labute approximate surface area is 227 Å². The maximum Gasteiger partial charge on any atom is 0.338 e. The molecule has 0 saturated heterocycles. The Morgan fingerprint density at radius 2 is 1.49 bits per heavy atom. The van der Waals surface area contributed by atoms with Crippen LogP contribution >= 0.6 is 0 Å². The molecule has 0 fully saturated rings. The Balaban J connectivity index is 1.60. The van der Waals surface area contributed by atoms with E-state index in [1.165, 1.54) is 24.3 Å². The summed E-state index contributed by atoms with van der Waals surface area (Å²) in [5.74, 6) is -1.98. The van der Waals surface area contributed by atoms with Gasteiger partial charge in [-0.05, 0) is 78.8 Å². The van der Waals surface area contributed by atoms with Gasteiger partial charge in [-0.1, -0.05) is 43.3 Å². The zero-order valence-electron chi connectivity index (χ0n) is 21.8. The van der Waals surface area contributed by atoms with Gasteiger partial charge in [-0.25, -0.2) is 22.0 Å². The number of carbonyl (C=O) groups excluding carboxylic acids is 1. The number of aryl methyl sites for hydroxylation is 2. The van der Waals surface area contributed by atoms with Crippen LogP contribution < -0.4 is 4.72 Å². The second-order valence-electron chi connectivity index (χ2n) is 10.1. The highest BCUT2D eigenvalue weighted by molar-refractivity contribution is 7.92. The van der Waals surface area contributed by atoms with Crippen molar-refractivity contribution >= 4 is 21.7 Å². The molecule has 3 aromatic rings. The van der Waals surface area contributed by atoms with Crippen LogP contribution in [0.15, 0.2) is 84.1 Å². The van der Waals surface area contributed by atoms with Crippen LogP contribution in [0.5, 0.6) is 0 Å². The molecule has 0 saturated carbocycles. The zero-order chi connectivity index (χ0) is 28.2. The topological polar surface area (TPSA) is 92.7 Å². The van der Waals surface area contributed by atoms with Crippen LogP contribution in [-0.4, -0.2) is 31.4 Å². The molecule has 39 heavy (non-hydrogen) atoms. The predicted molar refractivity (Wildman–Crippen MR) is 146 cm³/mol. The number of hydrogen-bond acceptors (Lipinski definition) is 5. The quantitative estimate of drug-likeness (QED) is 0.291. The van der Waals surface area contributed by atoms with Gasteiger partial charge in [0.2, 0.25) is 10.0 Å². The van der Waals surface area contributed by atoms with E-state index >= 15 is 0 Å². The third-order valence-electron chi connectivity index (χ3n) is 7.02. The summed E-state index contributed by atoms with van der Waals surface area (Å²) in [6.45, 7) is 1.75. The molecule has 3 aromatic carbocycles. The highest BCUT2D eigenvalue weighted by atomic mass is 32.2. The maximum absolute atomic E-state index is 13.4. The Hall–Kier alpha value is -3.72. The lowest BCUT2D eigenvalue weighted by Crippen LogP contribution is -2.42. The largest absolute Gasteiger partial charge is 0.512 e. The monoisotopic (exact) mass is 555 g/mol. The fourth-order valence-electron chi connectivity index (χ4n) is 4.94. The summed E-state index contributed by atoms with van der Waals surface area (Å²) in [7, 11) is -3.49. The van der Waals surface area contributed by atoms with Gasteiger partial charge in [-0.3, -0.25) is 4.72 Å². The van der Waals surface area contributed by atoms with Gasteiger partial charge in [0.1, 0.15) is 23.0 Å². The van der Waals surface area contributed by atoms with E-state index in [0.29, 0.717) is 36.9 Å². The number of aliphatic hydroxyl groups excluding tert-OH is 1. The molecule has 0 aliphatic carbocycles. The number of halogens is 2. The van der Waals surface area contributed by atoms with Crippen molar-refractivity contribution in [3.63, 3.8) is 0 Å². The molecule has 0 amide bonds. The second-order valence-corrected chi connectivity index (χ2v) is 11.8. The number of hydrogen-bond donors (Lipinski definition) is 2. The van der Waals surface area contributed by atoms with Gasteiger partial charge < -0.3 is 9.84 Å². The number of esters is 1.